The molecule has 1 aromatic carbocycles. The summed E-state index contributed by atoms with van der Waals surface area (Å²) >= 11 is 0. The largest absolute Gasteiger partial charge is 0.504 e. The first-order valence-electron chi connectivity index (χ1n) is 8.64. The summed E-state index contributed by atoms with van der Waals surface area (Å²) in [5, 5.41) is 30.6. The maximum Gasteiger partial charge on any atom is 0.157 e. The van der Waals surface area contributed by atoms with E-state index in [2.05, 4.69) is 12.8 Å². The van der Waals surface area contributed by atoms with E-state index >= 15 is 0 Å². The van der Waals surface area contributed by atoms with Crippen LogP contribution >= 0.6 is 0 Å². The molecule has 0 spiro atoms. The van der Waals surface area contributed by atoms with Gasteiger partial charge in [-0.15, -0.1) is 6.42 Å². The average molecular weight is 312 g/mol. The van der Waals surface area contributed by atoms with Gasteiger partial charge >= 0.3 is 0 Å². The van der Waals surface area contributed by atoms with Gasteiger partial charge in [0.05, 0.1) is 0 Å². The molecule has 0 aliphatic heterocycles. The van der Waals surface area contributed by atoms with Crippen LogP contribution in [-0.2, 0) is 6.42 Å². The minimum absolute atomic E-state index is 0.0228. The highest BCUT2D eigenvalue weighted by Crippen LogP contribution is 2.64. The Hall–Kier alpha value is -1.66. The fourth-order valence-corrected chi connectivity index (χ4v) is 5.85. The fourth-order valence-electron chi connectivity index (χ4n) is 5.85. The van der Waals surface area contributed by atoms with Gasteiger partial charge in [0.15, 0.2) is 11.5 Å². The Morgan fingerprint density at radius 3 is 2.61 bits per heavy atom. The van der Waals surface area contributed by atoms with Gasteiger partial charge in [-0.3, -0.25) is 0 Å². The van der Waals surface area contributed by atoms with Gasteiger partial charge in [-0.05, 0) is 79.5 Å². The molecule has 4 rings (SSSR count). The highest BCUT2D eigenvalue weighted by Gasteiger charge is 2.61. The number of phenolic OH excluding ortho intramolecular Hbond substituents is 2. The second kappa shape index (κ2) is 4.68. The molecule has 0 heterocycles. The highest BCUT2D eigenvalue weighted by atomic mass is 16.3. The Bertz CT molecular complexity index is 704. The zero-order valence-electron chi connectivity index (χ0n) is 13.5. The summed E-state index contributed by atoms with van der Waals surface area (Å²) in [6.45, 7) is 2.17. The number of hydrogen-bond acceptors (Lipinski definition) is 3. The molecule has 0 aromatic heterocycles. The first-order chi connectivity index (χ1) is 10.9. The molecule has 3 aliphatic carbocycles. The Labute approximate surface area is 137 Å². The second-order valence-electron chi connectivity index (χ2n) is 7.95. The molecule has 23 heavy (non-hydrogen) atoms. The van der Waals surface area contributed by atoms with E-state index in [4.69, 9.17) is 6.42 Å². The van der Waals surface area contributed by atoms with Crippen molar-refractivity contribution in [3.8, 4) is 23.8 Å². The van der Waals surface area contributed by atoms with Crippen LogP contribution in [0.1, 0.15) is 56.1 Å². The van der Waals surface area contributed by atoms with Crippen LogP contribution in [0.5, 0.6) is 11.5 Å². The van der Waals surface area contributed by atoms with Crippen molar-refractivity contribution in [2.45, 2.75) is 57.0 Å². The third-order valence-corrected chi connectivity index (χ3v) is 7.21. The minimum atomic E-state index is -0.972. The number of rotatable bonds is 0. The zero-order valence-corrected chi connectivity index (χ0v) is 13.5. The maximum absolute atomic E-state index is 10.9. The molecule has 3 N–H and O–H groups in total. The Morgan fingerprint density at radius 1 is 1.13 bits per heavy atom. The first-order valence-corrected chi connectivity index (χ1v) is 8.64. The average Bonchev–Trinajstić information content (AvgIpc) is 2.81. The number of fused-ring (bicyclic) bond motifs is 5. The van der Waals surface area contributed by atoms with Crippen LogP contribution < -0.4 is 0 Å². The van der Waals surface area contributed by atoms with Crippen molar-refractivity contribution in [2.24, 2.45) is 17.3 Å². The predicted molar refractivity (Wildman–Crippen MR) is 88.2 cm³/mol. The summed E-state index contributed by atoms with van der Waals surface area (Å²) in [5.41, 5.74) is 1.18. The van der Waals surface area contributed by atoms with E-state index in [9.17, 15) is 15.3 Å². The molecule has 122 valence electrons. The molecule has 0 unspecified atom stereocenters. The molecule has 0 saturated heterocycles. The van der Waals surface area contributed by atoms with E-state index in [0.29, 0.717) is 24.2 Å². The number of aliphatic hydroxyl groups is 1. The van der Waals surface area contributed by atoms with Gasteiger partial charge in [0.2, 0.25) is 0 Å². The minimum Gasteiger partial charge on any atom is -0.504 e. The molecule has 5 atom stereocenters. The smallest absolute Gasteiger partial charge is 0.157 e. The lowest BCUT2D eigenvalue weighted by Gasteiger charge is -2.52. The standard InChI is InChI=1S/C20H24O3/c1-3-20(23)9-7-16-14-5-4-12-10-17(21)18(22)11-15(12)13(14)6-8-19(16,20)2/h1,10-11,13-14,16,21-23H,4-9H2,2H3/t13-,14+,16+,19-,20-/m0/s1. The van der Waals surface area contributed by atoms with Crippen LogP contribution in [0.3, 0.4) is 0 Å². The quantitative estimate of drug-likeness (QED) is 0.509. The van der Waals surface area contributed by atoms with E-state index in [-0.39, 0.29) is 16.9 Å². The Kier molecular flexibility index (Phi) is 3.03. The molecule has 0 bridgehead atoms. The monoisotopic (exact) mass is 312 g/mol. The number of phenols is 2. The molecule has 3 nitrogen and oxygen atoms in total. The summed E-state index contributed by atoms with van der Waals surface area (Å²) in [7, 11) is 0. The normalized spacial score (nSPS) is 41.5. The number of terminal acetylenes is 1. The SMILES string of the molecule is C#C[C@]1(O)CC[C@@H]2[C@@H]3CCc4cc(O)c(O)cc4[C@H]3CC[C@@]21C. The third-order valence-electron chi connectivity index (χ3n) is 7.21. The lowest BCUT2D eigenvalue weighted by molar-refractivity contribution is -0.0647. The molecular formula is C20H24O3. The van der Waals surface area contributed by atoms with Crippen LogP contribution in [0, 0.1) is 29.6 Å². The summed E-state index contributed by atoms with van der Waals surface area (Å²) in [4.78, 5) is 0. The van der Waals surface area contributed by atoms with Crippen molar-refractivity contribution in [3.63, 3.8) is 0 Å². The van der Waals surface area contributed by atoms with Gasteiger partial charge in [0.25, 0.3) is 0 Å². The predicted octanol–water partition coefficient (Wildman–Crippen LogP) is 3.32. The van der Waals surface area contributed by atoms with E-state index in [0.717, 1.165) is 37.7 Å². The zero-order chi connectivity index (χ0) is 16.4. The maximum atomic E-state index is 10.9. The summed E-state index contributed by atoms with van der Waals surface area (Å²) in [5.74, 6) is 4.00. The first kappa shape index (κ1) is 14.9. The molecule has 3 aliphatic rings. The van der Waals surface area contributed by atoms with Gasteiger partial charge in [0.1, 0.15) is 5.60 Å². The van der Waals surface area contributed by atoms with Crippen molar-refractivity contribution in [3.05, 3.63) is 23.3 Å². The van der Waals surface area contributed by atoms with Gasteiger partial charge in [-0.1, -0.05) is 12.8 Å². The van der Waals surface area contributed by atoms with E-state index in [1.54, 1.807) is 12.1 Å². The number of benzene rings is 1. The molecule has 0 amide bonds. The highest BCUT2D eigenvalue weighted by molar-refractivity contribution is 5.48. The van der Waals surface area contributed by atoms with Crippen molar-refractivity contribution < 1.29 is 15.3 Å². The van der Waals surface area contributed by atoms with Crippen molar-refractivity contribution in [2.75, 3.05) is 0 Å². The van der Waals surface area contributed by atoms with Gasteiger partial charge < -0.3 is 15.3 Å². The molecule has 3 heteroatoms. The fraction of sp³-hybridized carbons (Fsp3) is 0.600. The van der Waals surface area contributed by atoms with E-state index in [1.807, 2.05) is 0 Å². The van der Waals surface area contributed by atoms with Crippen LogP contribution in [0.15, 0.2) is 12.1 Å². The number of aromatic hydroxyl groups is 2. The van der Waals surface area contributed by atoms with Crippen molar-refractivity contribution >= 4 is 0 Å². The topological polar surface area (TPSA) is 60.7 Å². The third kappa shape index (κ3) is 1.82. The van der Waals surface area contributed by atoms with Crippen molar-refractivity contribution in [1.29, 1.82) is 0 Å². The number of hydrogen-bond donors (Lipinski definition) is 3. The molecule has 2 fully saturated rings. The summed E-state index contributed by atoms with van der Waals surface area (Å²) in [6, 6.07) is 3.48. The molecule has 1 aromatic rings. The molecule has 2 saturated carbocycles. The Morgan fingerprint density at radius 2 is 1.87 bits per heavy atom. The van der Waals surface area contributed by atoms with Crippen LogP contribution in [-0.4, -0.2) is 20.9 Å². The van der Waals surface area contributed by atoms with E-state index < -0.39 is 5.60 Å². The van der Waals surface area contributed by atoms with Crippen molar-refractivity contribution in [1.82, 2.24) is 0 Å². The van der Waals surface area contributed by atoms with Crippen LogP contribution in [0.25, 0.3) is 0 Å². The van der Waals surface area contributed by atoms with Gasteiger partial charge in [0, 0.05) is 5.41 Å². The molecular weight excluding hydrogens is 288 g/mol. The van der Waals surface area contributed by atoms with Gasteiger partial charge in [-0.25, -0.2) is 0 Å². The Balaban J connectivity index is 1.74. The summed E-state index contributed by atoms with van der Waals surface area (Å²) < 4.78 is 0. The molecule has 0 radical (unpaired) electrons. The second-order valence-corrected chi connectivity index (χ2v) is 7.95. The lowest BCUT2D eigenvalue weighted by atomic mass is 9.53. The van der Waals surface area contributed by atoms with Gasteiger partial charge in [-0.2, -0.15) is 0 Å². The van der Waals surface area contributed by atoms with Crippen LogP contribution in [0.2, 0.25) is 0 Å². The van der Waals surface area contributed by atoms with E-state index in [1.165, 1.54) is 5.56 Å². The lowest BCUT2D eigenvalue weighted by Crippen LogP contribution is -2.50. The number of aryl methyl sites for hydroxylation is 1. The summed E-state index contributed by atoms with van der Waals surface area (Å²) in [6.07, 6.45) is 11.3. The van der Waals surface area contributed by atoms with Crippen LogP contribution in [0.4, 0.5) is 0 Å².